The van der Waals surface area contributed by atoms with Crippen LogP contribution in [-0.4, -0.2) is 14.4 Å². The molecule has 0 unspecified atom stereocenters. The summed E-state index contributed by atoms with van der Waals surface area (Å²) in [7, 11) is 0. The monoisotopic (exact) mass is 427 g/mol. The molecular weight excluding hydrogens is 410 g/mol. The molecule has 3 heterocycles. The predicted octanol–water partition coefficient (Wildman–Crippen LogP) is 5.76. The number of pyridine rings is 2. The number of hydrogen-bond donors (Lipinski definition) is 2. The minimum Gasteiger partial charge on any atom is -0.399 e. The Hall–Kier alpha value is -3.62. The first-order valence-electron chi connectivity index (χ1n) is 9.68. The Bertz CT molecular complexity index is 1270. The number of aromatic nitrogens is 3. The first kappa shape index (κ1) is 19.3. The standard InChI is InChI=1S/C22H17F4N5/c23-14-5-8-19-30-20(12-1-2-12)21(31(19)11-14)17-9-15(27)10-18(29-17)28-16-6-3-13(4-7-16)22(24,25)26/h3-12H,1-2H2,(H3,27,28,29). The van der Waals surface area contributed by atoms with Crippen LogP contribution in [0.3, 0.4) is 0 Å². The Kier molecular flexibility index (Phi) is 4.35. The zero-order valence-corrected chi connectivity index (χ0v) is 16.1. The molecule has 158 valence electrons. The van der Waals surface area contributed by atoms with E-state index in [0.29, 0.717) is 34.2 Å². The van der Waals surface area contributed by atoms with E-state index in [1.165, 1.54) is 24.4 Å². The number of hydrogen-bond acceptors (Lipinski definition) is 4. The molecule has 3 aromatic heterocycles. The highest BCUT2D eigenvalue weighted by atomic mass is 19.4. The van der Waals surface area contributed by atoms with Crippen molar-refractivity contribution in [3.05, 3.63) is 71.8 Å². The molecule has 1 aliphatic carbocycles. The van der Waals surface area contributed by atoms with Crippen molar-refractivity contribution >= 4 is 22.8 Å². The summed E-state index contributed by atoms with van der Waals surface area (Å²) in [6, 6.07) is 10.9. The first-order chi connectivity index (χ1) is 14.8. The minimum absolute atomic E-state index is 0.285. The summed E-state index contributed by atoms with van der Waals surface area (Å²) < 4.78 is 54.0. The number of benzene rings is 1. The number of fused-ring (bicyclic) bond motifs is 1. The largest absolute Gasteiger partial charge is 0.416 e. The summed E-state index contributed by atoms with van der Waals surface area (Å²) in [5.41, 5.74) is 8.82. The van der Waals surface area contributed by atoms with E-state index in [1.807, 2.05) is 0 Å². The number of halogens is 4. The number of rotatable bonds is 4. The summed E-state index contributed by atoms with van der Waals surface area (Å²) in [6.45, 7) is 0. The molecule has 3 N–H and O–H groups in total. The number of nitrogens with two attached hydrogens (primary N) is 1. The summed E-state index contributed by atoms with van der Waals surface area (Å²) in [5.74, 6) is 0.246. The lowest BCUT2D eigenvalue weighted by Gasteiger charge is -2.12. The van der Waals surface area contributed by atoms with E-state index in [4.69, 9.17) is 5.73 Å². The zero-order chi connectivity index (χ0) is 21.8. The third-order valence-electron chi connectivity index (χ3n) is 5.15. The molecule has 0 spiro atoms. The smallest absolute Gasteiger partial charge is 0.399 e. The van der Waals surface area contributed by atoms with E-state index in [0.717, 1.165) is 30.7 Å². The number of nitrogen functional groups attached to an aromatic ring is 1. The van der Waals surface area contributed by atoms with Crippen molar-refractivity contribution in [1.82, 2.24) is 14.4 Å². The fourth-order valence-electron chi connectivity index (χ4n) is 3.56. The number of nitrogens with one attached hydrogen (secondary N) is 1. The fourth-order valence-corrected chi connectivity index (χ4v) is 3.56. The van der Waals surface area contributed by atoms with Crippen LogP contribution in [0.4, 0.5) is 34.8 Å². The molecule has 0 saturated heterocycles. The second kappa shape index (κ2) is 6.97. The van der Waals surface area contributed by atoms with Gasteiger partial charge < -0.3 is 11.1 Å². The van der Waals surface area contributed by atoms with Crippen LogP contribution in [0.1, 0.15) is 30.0 Å². The van der Waals surface area contributed by atoms with Gasteiger partial charge >= 0.3 is 6.18 Å². The lowest BCUT2D eigenvalue weighted by atomic mass is 10.1. The van der Waals surface area contributed by atoms with Gasteiger partial charge in [0.1, 0.15) is 17.3 Å². The molecule has 9 heteroatoms. The summed E-state index contributed by atoms with van der Waals surface area (Å²) in [6.07, 6.45) is -1.05. The van der Waals surface area contributed by atoms with E-state index >= 15 is 0 Å². The number of nitrogens with zero attached hydrogens (tertiary/aromatic N) is 3. The van der Waals surface area contributed by atoms with E-state index in [2.05, 4.69) is 15.3 Å². The van der Waals surface area contributed by atoms with Crippen molar-refractivity contribution in [2.75, 3.05) is 11.1 Å². The van der Waals surface area contributed by atoms with Crippen LogP contribution in [0.5, 0.6) is 0 Å². The van der Waals surface area contributed by atoms with Crippen LogP contribution in [-0.2, 0) is 6.18 Å². The maximum Gasteiger partial charge on any atom is 0.416 e. The summed E-state index contributed by atoms with van der Waals surface area (Å²) >= 11 is 0. The molecule has 1 saturated carbocycles. The molecule has 0 bridgehead atoms. The molecule has 0 amide bonds. The molecule has 0 aliphatic heterocycles. The Labute approximate surface area is 174 Å². The van der Waals surface area contributed by atoms with E-state index in [1.54, 1.807) is 22.6 Å². The van der Waals surface area contributed by atoms with Gasteiger partial charge in [-0.1, -0.05) is 0 Å². The van der Waals surface area contributed by atoms with Gasteiger partial charge in [0.15, 0.2) is 0 Å². The molecular formula is C22H17F4N5. The van der Waals surface area contributed by atoms with Crippen molar-refractivity contribution in [2.24, 2.45) is 0 Å². The molecule has 1 aliphatic rings. The molecule has 1 aromatic carbocycles. The molecule has 0 atom stereocenters. The second-order valence-electron chi connectivity index (χ2n) is 7.57. The van der Waals surface area contributed by atoms with Crippen LogP contribution in [0.15, 0.2) is 54.7 Å². The summed E-state index contributed by atoms with van der Waals surface area (Å²) in [4.78, 5) is 9.25. The third kappa shape index (κ3) is 3.78. The Balaban J connectivity index is 1.55. The normalized spacial score (nSPS) is 14.2. The quantitative estimate of drug-likeness (QED) is 0.407. The molecule has 0 radical (unpaired) electrons. The molecule has 4 aromatic rings. The van der Waals surface area contributed by atoms with Gasteiger partial charge in [-0.15, -0.1) is 0 Å². The highest BCUT2D eigenvalue weighted by Gasteiger charge is 2.32. The SMILES string of the molecule is Nc1cc(Nc2ccc(C(F)(F)F)cc2)nc(-c2c(C3CC3)nc3ccc(F)cn23)c1. The Morgan fingerprint density at radius 2 is 1.74 bits per heavy atom. The van der Waals surface area contributed by atoms with Gasteiger partial charge in [0.05, 0.1) is 22.6 Å². The first-order valence-corrected chi connectivity index (χ1v) is 9.68. The van der Waals surface area contributed by atoms with Crippen molar-refractivity contribution in [2.45, 2.75) is 24.9 Å². The van der Waals surface area contributed by atoms with E-state index in [-0.39, 0.29) is 5.92 Å². The average molecular weight is 427 g/mol. The van der Waals surface area contributed by atoms with Crippen LogP contribution in [0, 0.1) is 5.82 Å². The van der Waals surface area contributed by atoms with Crippen LogP contribution >= 0.6 is 0 Å². The molecule has 1 fully saturated rings. The molecule has 31 heavy (non-hydrogen) atoms. The van der Waals surface area contributed by atoms with Crippen LogP contribution < -0.4 is 11.1 Å². The van der Waals surface area contributed by atoms with Gasteiger partial charge in [0.25, 0.3) is 0 Å². The maximum absolute atomic E-state index is 13.9. The maximum atomic E-state index is 13.9. The lowest BCUT2D eigenvalue weighted by molar-refractivity contribution is -0.137. The Morgan fingerprint density at radius 1 is 1.00 bits per heavy atom. The number of imidazole rings is 1. The third-order valence-corrected chi connectivity index (χ3v) is 5.15. The predicted molar refractivity (Wildman–Crippen MR) is 109 cm³/mol. The van der Waals surface area contributed by atoms with Gasteiger partial charge in [-0.05, 0) is 55.3 Å². The minimum atomic E-state index is -4.40. The van der Waals surface area contributed by atoms with Crippen molar-refractivity contribution in [3.8, 4) is 11.4 Å². The Morgan fingerprint density at radius 3 is 2.42 bits per heavy atom. The number of anilines is 3. The molecule has 5 rings (SSSR count). The van der Waals surface area contributed by atoms with Gasteiger partial charge in [0.2, 0.25) is 0 Å². The van der Waals surface area contributed by atoms with Crippen LogP contribution in [0.25, 0.3) is 17.0 Å². The van der Waals surface area contributed by atoms with Crippen molar-refractivity contribution in [3.63, 3.8) is 0 Å². The highest BCUT2D eigenvalue weighted by molar-refractivity contribution is 5.72. The van der Waals surface area contributed by atoms with E-state index in [9.17, 15) is 17.6 Å². The fraction of sp³-hybridized carbons (Fsp3) is 0.182. The van der Waals surface area contributed by atoms with E-state index < -0.39 is 17.6 Å². The number of alkyl halides is 3. The van der Waals surface area contributed by atoms with Gasteiger partial charge in [-0.3, -0.25) is 4.40 Å². The lowest BCUT2D eigenvalue weighted by Crippen LogP contribution is -2.05. The van der Waals surface area contributed by atoms with Gasteiger partial charge in [-0.25, -0.2) is 14.4 Å². The topological polar surface area (TPSA) is 68.2 Å². The van der Waals surface area contributed by atoms with Crippen molar-refractivity contribution in [1.29, 1.82) is 0 Å². The summed E-state index contributed by atoms with van der Waals surface area (Å²) in [5, 5.41) is 2.99. The van der Waals surface area contributed by atoms with Gasteiger partial charge in [0, 0.05) is 29.6 Å². The highest BCUT2D eigenvalue weighted by Crippen LogP contribution is 2.44. The zero-order valence-electron chi connectivity index (χ0n) is 16.1. The van der Waals surface area contributed by atoms with Crippen molar-refractivity contribution < 1.29 is 17.6 Å². The van der Waals surface area contributed by atoms with Gasteiger partial charge in [-0.2, -0.15) is 13.2 Å². The average Bonchev–Trinajstić information content (AvgIpc) is 3.48. The molecule has 5 nitrogen and oxygen atoms in total. The van der Waals surface area contributed by atoms with Crippen LogP contribution in [0.2, 0.25) is 0 Å². The second-order valence-corrected chi connectivity index (χ2v) is 7.57.